The monoisotopic (exact) mass is 352 g/mol. The Morgan fingerprint density at radius 3 is 2.31 bits per heavy atom. The fourth-order valence-corrected chi connectivity index (χ4v) is 3.20. The fraction of sp³-hybridized carbons (Fsp3) is 0.350. The van der Waals surface area contributed by atoms with Crippen molar-refractivity contribution in [2.75, 3.05) is 36.4 Å². The van der Waals surface area contributed by atoms with Crippen LogP contribution in [-0.2, 0) is 4.79 Å². The minimum absolute atomic E-state index is 0.101. The van der Waals surface area contributed by atoms with Gasteiger partial charge in [0.1, 0.15) is 0 Å². The van der Waals surface area contributed by atoms with E-state index in [2.05, 4.69) is 15.2 Å². The maximum atomic E-state index is 12.7. The van der Waals surface area contributed by atoms with Gasteiger partial charge in [-0.1, -0.05) is 18.2 Å². The van der Waals surface area contributed by atoms with Gasteiger partial charge in [0, 0.05) is 45.0 Å². The fourth-order valence-electron chi connectivity index (χ4n) is 3.20. The summed E-state index contributed by atoms with van der Waals surface area (Å²) >= 11 is 0. The number of hydrogen-bond acceptors (Lipinski definition) is 4. The van der Waals surface area contributed by atoms with Crippen molar-refractivity contribution < 1.29 is 9.59 Å². The quantitative estimate of drug-likeness (QED) is 0.922. The van der Waals surface area contributed by atoms with Crippen LogP contribution < -0.4 is 10.2 Å². The second-order valence-corrected chi connectivity index (χ2v) is 6.65. The molecule has 136 valence electrons. The molecule has 2 amide bonds. The van der Waals surface area contributed by atoms with E-state index in [1.807, 2.05) is 43.0 Å². The summed E-state index contributed by atoms with van der Waals surface area (Å²) in [5.41, 5.74) is 4.34. The summed E-state index contributed by atoms with van der Waals surface area (Å²) in [6, 6.07) is 7.79. The summed E-state index contributed by atoms with van der Waals surface area (Å²) in [4.78, 5) is 32.4. The van der Waals surface area contributed by atoms with Crippen LogP contribution in [0.3, 0.4) is 0 Å². The number of para-hydroxylation sites is 1. The second-order valence-electron chi connectivity index (χ2n) is 6.65. The summed E-state index contributed by atoms with van der Waals surface area (Å²) in [6.45, 7) is 8.40. The number of benzene rings is 1. The van der Waals surface area contributed by atoms with Crippen molar-refractivity contribution in [1.29, 1.82) is 0 Å². The largest absolute Gasteiger partial charge is 0.367 e. The number of aromatic nitrogens is 1. The minimum atomic E-state index is -0.167. The molecule has 6 heteroatoms. The third-order valence-electron chi connectivity index (χ3n) is 4.80. The zero-order valence-electron chi connectivity index (χ0n) is 15.5. The van der Waals surface area contributed by atoms with Crippen LogP contribution in [0.1, 0.15) is 28.4 Å². The van der Waals surface area contributed by atoms with E-state index in [1.165, 1.54) is 0 Å². The predicted octanol–water partition coefficient (Wildman–Crippen LogP) is 2.62. The van der Waals surface area contributed by atoms with Gasteiger partial charge in [0.2, 0.25) is 5.91 Å². The van der Waals surface area contributed by atoms with Crippen molar-refractivity contribution in [2.24, 2.45) is 0 Å². The molecular formula is C20H24N4O2. The number of hydrogen-bond donors (Lipinski definition) is 1. The van der Waals surface area contributed by atoms with E-state index in [9.17, 15) is 9.59 Å². The Morgan fingerprint density at radius 1 is 1.04 bits per heavy atom. The van der Waals surface area contributed by atoms with E-state index < -0.39 is 0 Å². The third kappa shape index (κ3) is 3.85. The molecule has 2 aromatic rings. The molecule has 2 heterocycles. The summed E-state index contributed by atoms with van der Waals surface area (Å²) in [5.74, 6) is -0.0661. The van der Waals surface area contributed by atoms with Crippen molar-refractivity contribution in [3.05, 3.63) is 53.3 Å². The van der Waals surface area contributed by atoms with Crippen molar-refractivity contribution in [1.82, 2.24) is 9.88 Å². The van der Waals surface area contributed by atoms with Gasteiger partial charge in [-0.3, -0.25) is 14.6 Å². The first-order valence-corrected chi connectivity index (χ1v) is 8.79. The second kappa shape index (κ2) is 7.56. The molecule has 6 nitrogen and oxygen atoms in total. The number of aryl methyl sites for hydroxylation is 2. The highest BCUT2D eigenvalue weighted by Crippen LogP contribution is 2.22. The molecule has 1 aromatic carbocycles. The molecule has 3 rings (SSSR count). The van der Waals surface area contributed by atoms with E-state index in [1.54, 1.807) is 19.3 Å². The van der Waals surface area contributed by atoms with Gasteiger partial charge >= 0.3 is 0 Å². The normalized spacial score (nSPS) is 14.3. The molecule has 0 spiro atoms. The molecule has 1 aliphatic rings. The predicted molar refractivity (Wildman–Crippen MR) is 103 cm³/mol. The zero-order chi connectivity index (χ0) is 18.7. The molecule has 0 radical (unpaired) electrons. The van der Waals surface area contributed by atoms with E-state index in [-0.39, 0.29) is 11.8 Å². The molecule has 0 unspecified atom stereocenters. The van der Waals surface area contributed by atoms with E-state index in [4.69, 9.17) is 0 Å². The molecule has 0 bridgehead atoms. The van der Waals surface area contributed by atoms with Gasteiger partial charge in [-0.15, -0.1) is 0 Å². The smallest absolute Gasteiger partial charge is 0.257 e. The molecule has 0 saturated carbocycles. The first-order valence-electron chi connectivity index (χ1n) is 8.79. The van der Waals surface area contributed by atoms with Gasteiger partial charge in [-0.05, 0) is 31.0 Å². The lowest BCUT2D eigenvalue weighted by atomic mass is 10.1. The average Bonchev–Trinajstić information content (AvgIpc) is 2.65. The Morgan fingerprint density at radius 2 is 1.69 bits per heavy atom. The Kier molecular flexibility index (Phi) is 5.21. The van der Waals surface area contributed by atoms with E-state index >= 15 is 0 Å². The van der Waals surface area contributed by atoms with Gasteiger partial charge in [0.05, 0.1) is 17.4 Å². The Bertz CT molecular complexity index is 806. The summed E-state index contributed by atoms with van der Waals surface area (Å²) in [6.07, 6.45) is 3.34. The van der Waals surface area contributed by atoms with Crippen LogP contribution in [0.2, 0.25) is 0 Å². The first-order chi connectivity index (χ1) is 12.5. The van der Waals surface area contributed by atoms with Crippen LogP contribution in [-0.4, -0.2) is 47.9 Å². The summed E-state index contributed by atoms with van der Waals surface area (Å²) in [7, 11) is 0. The lowest BCUT2D eigenvalue weighted by Gasteiger charge is -2.35. The van der Waals surface area contributed by atoms with Crippen LogP contribution in [0.15, 0.2) is 36.7 Å². The topological polar surface area (TPSA) is 65.5 Å². The SMILES string of the molecule is CC(=O)N1CCN(c2cncc(C(=O)Nc3c(C)cccc3C)c2)CC1. The molecule has 1 aromatic heterocycles. The maximum absolute atomic E-state index is 12.7. The van der Waals surface area contributed by atoms with Gasteiger partial charge in [-0.25, -0.2) is 0 Å². The molecule has 1 N–H and O–H groups in total. The van der Waals surface area contributed by atoms with Gasteiger partial charge in [-0.2, -0.15) is 0 Å². The first kappa shape index (κ1) is 17.9. The van der Waals surface area contributed by atoms with E-state index in [0.717, 1.165) is 35.6 Å². The molecule has 1 aliphatic heterocycles. The van der Waals surface area contributed by atoms with Crippen molar-refractivity contribution in [2.45, 2.75) is 20.8 Å². The molecule has 0 aliphatic carbocycles. The van der Waals surface area contributed by atoms with Crippen molar-refractivity contribution in [3.63, 3.8) is 0 Å². The number of rotatable bonds is 3. The Hall–Kier alpha value is -2.89. The molecule has 0 atom stereocenters. The Labute approximate surface area is 153 Å². The van der Waals surface area contributed by atoms with Gasteiger partial charge < -0.3 is 15.1 Å². The molecule has 26 heavy (non-hydrogen) atoms. The van der Waals surface area contributed by atoms with Gasteiger partial charge in [0.15, 0.2) is 0 Å². The highest BCUT2D eigenvalue weighted by Gasteiger charge is 2.20. The zero-order valence-corrected chi connectivity index (χ0v) is 15.5. The number of anilines is 2. The van der Waals surface area contributed by atoms with E-state index in [0.29, 0.717) is 18.7 Å². The van der Waals surface area contributed by atoms with Crippen LogP contribution in [0, 0.1) is 13.8 Å². The number of pyridine rings is 1. The molecule has 1 saturated heterocycles. The number of carbonyl (C=O) groups excluding carboxylic acids is 2. The minimum Gasteiger partial charge on any atom is -0.367 e. The van der Waals surface area contributed by atoms with Gasteiger partial charge in [0.25, 0.3) is 5.91 Å². The average molecular weight is 352 g/mol. The number of piperazine rings is 1. The molecular weight excluding hydrogens is 328 g/mol. The van der Waals surface area contributed by atoms with Crippen LogP contribution in [0.4, 0.5) is 11.4 Å². The lowest BCUT2D eigenvalue weighted by molar-refractivity contribution is -0.129. The lowest BCUT2D eigenvalue weighted by Crippen LogP contribution is -2.48. The molecule has 1 fully saturated rings. The number of nitrogens with one attached hydrogen (secondary N) is 1. The maximum Gasteiger partial charge on any atom is 0.257 e. The van der Waals surface area contributed by atoms with Crippen LogP contribution in [0.25, 0.3) is 0 Å². The number of carbonyl (C=O) groups is 2. The Balaban J connectivity index is 1.73. The third-order valence-corrected chi connectivity index (χ3v) is 4.80. The highest BCUT2D eigenvalue weighted by molar-refractivity contribution is 6.05. The van der Waals surface area contributed by atoms with Crippen molar-refractivity contribution >= 4 is 23.2 Å². The summed E-state index contributed by atoms with van der Waals surface area (Å²) in [5, 5.41) is 3.00. The number of amides is 2. The van der Waals surface area contributed by atoms with Crippen LogP contribution in [0.5, 0.6) is 0 Å². The standard InChI is InChI=1S/C20H24N4O2/c1-14-5-4-6-15(2)19(14)22-20(26)17-11-18(13-21-12-17)24-9-7-23(8-10-24)16(3)25/h4-6,11-13H,7-10H2,1-3H3,(H,22,26). The van der Waals surface area contributed by atoms with Crippen molar-refractivity contribution in [3.8, 4) is 0 Å². The van der Waals surface area contributed by atoms with Crippen LogP contribution >= 0.6 is 0 Å². The number of nitrogens with zero attached hydrogens (tertiary/aromatic N) is 3. The highest BCUT2D eigenvalue weighted by atomic mass is 16.2. The summed E-state index contributed by atoms with van der Waals surface area (Å²) < 4.78 is 0.